The first-order valence-corrected chi connectivity index (χ1v) is 5.85. The third-order valence-corrected chi connectivity index (χ3v) is 3.47. The molecule has 0 spiro atoms. The molecule has 0 aromatic carbocycles. The maximum Gasteiger partial charge on any atom is 0.233 e. The maximum absolute atomic E-state index is 11.5. The number of ether oxygens (including phenoxy) is 1. The molecule has 2 unspecified atom stereocenters. The number of aliphatic hydroxyl groups is 1. The molecule has 1 heterocycles. The first-order chi connectivity index (χ1) is 6.74. The van der Waals surface area contributed by atoms with E-state index in [9.17, 15) is 9.90 Å². The second-order valence-corrected chi connectivity index (χ2v) is 4.67. The molecule has 0 aliphatic carbocycles. The predicted octanol–water partition coefficient (Wildman–Crippen LogP) is 0.00550. The van der Waals surface area contributed by atoms with Crippen LogP contribution in [-0.4, -0.2) is 48.4 Å². The lowest BCUT2D eigenvalue weighted by Crippen LogP contribution is -2.38. The Labute approximate surface area is 88.4 Å². The first kappa shape index (κ1) is 11.8. The third-order valence-electron chi connectivity index (χ3n) is 2.09. The van der Waals surface area contributed by atoms with Gasteiger partial charge in [0, 0.05) is 13.7 Å². The first-order valence-electron chi connectivity index (χ1n) is 4.80. The largest absolute Gasteiger partial charge is 0.389 e. The van der Waals surface area contributed by atoms with Crippen LogP contribution in [0.2, 0.25) is 0 Å². The maximum atomic E-state index is 11.5. The molecule has 2 atom stereocenters. The molecule has 1 aliphatic rings. The van der Waals surface area contributed by atoms with Gasteiger partial charge in [0.15, 0.2) is 0 Å². The normalized spacial score (nSPS) is 23.4. The monoisotopic (exact) mass is 219 g/mol. The van der Waals surface area contributed by atoms with E-state index in [4.69, 9.17) is 4.74 Å². The molecule has 1 fully saturated rings. The number of amides is 1. The van der Waals surface area contributed by atoms with Gasteiger partial charge in [0.1, 0.15) is 0 Å². The number of thioether (sulfide) groups is 1. The van der Waals surface area contributed by atoms with Crippen molar-refractivity contribution in [1.82, 2.24) is 5.32 Å². The van der Waals surface area contributed by atoms with E-state index < -0.39 is 6.10 Å². The number of aliphatic hydroxyl groups excluding tert-OH is 1. The van der Waals surface area contributed by atoms with Crippen molar-refractivity contribution in [2.75, 3.05) is 26.0 Å². The van der Waals surface area contributed by atoms with Gasteiger partial charge in [0.05, 0.1) is 18.0 Å². The highest BCUT2D eigenvalue weighted by atomic mass is 32.2. The lowest BCUT2D eigenvalue weighted by molar-refractivity contribution is -0.121. The molecular formula is C9H17NO3S. The van der Waals surface area contributed by atoms with Crippen LogP contribution in [0.3, 0.4) is 0 Å². The number of hydrogen-bond acceptors (Lipinski definition) is 4. The molecule has 5 heteroatoms. The lowest BCUT2D eigenvalue weighted by Gasteiger charge is -2.13. The van der Waals surface area contributed by atoms with Gasteiger partial charge in [-0.3, -0.25) is 4.79 Å². The summed E-state index contributed by atoms with van der Waals surface area (Å²) in [5.74, 6) is 1.11. The number of methoxy groups -OCH3 is 1. The van der Waals surface area contributed by atoms with Gasteiger partial charge >= 0.3 is 0 Å². The van der Waals surface area contributed by atoms with Crippen LogP contribution in [0.5, 0.6) is 0 Å². The second-order valence-electron chi connectivity index (χ2n) is 3.36. The molecule has 0 radical (unpaired) electrons. The quantitative estimate of drug-likeness (QED) is 0.683. The van der Waals surface area contributed by atoms with Crippen LogP contribution >= 0.6 is 11.8 Å². The topological polar surface area (TPSA) is 58.6 Å². The van der Waals surface area contributed by atoms with Crippen LogP contribution in [0.1, 0.15) is 12.8 Å². The summed E-state index contributed by atoms with van der Waals surface area (Å²) in [6.45, 7) is 0.543. The van der Waals surface area contributed by atoms with Crippen LogP contribution in [-0.2, 0) is 9.53 Å². The summed E-state index contributed by atoms with van der Waals surface area (Å²) in [5, 5.41) is 12.1. The molecule has 2 N–H and O–H groups in total. The van der Waals surface area contributed by atoms with Gasteiger partial charge in [-0.05, 0) is 18.6 Å². The number of nitrogens with one attached hydrogen (secondary N) is 1. The van der Waals surface area contributed by atoms with Crippen molar-refractivity contribution in [1.29, 1.82) is 0 Å². The molecule has 14 heavy (non-hydrogen) atoms. The van der Waals surface area contributed by atoms with Crippen molar-refractivity contribution < 1.29 is 14.6 Å². The molecular weight excluding hydrogens is 202 g/mol. The Bertz CT molecular complexity index is 183. The molecule has 1 rings (SSSR count). The van der Waals surface area contributed by atoms with Crippen molar-refractivity contribution >= 4 is 17.7 Å². The minimum Gasteiger partial charge on any atom is -0.389 e. The highest BCUT2D eigenvalue weighted by Crippen LogP contribution is 2.25. The third kappa shape index (κ3) is 3.86. The fourth-order valence-electron chi connectivity index (χ4n) is 1.37. The van der Waals surface area contributed by atoms with E-state index in [0.29, 0.717) is 0 Å². The Hall–Kier alpha value is -0.260. The predicted molar refractivity (Wildman–Crippen MR) is 56.4 cm³/mol. The summed E-state index contributed by atoms with van der Waals surface area (Å²) in [6.07, 6.45) is 1.47. The lowest BCUT2D eigenvalue weighted by atomic mass is 10.2. The van der Waals surface area contributed by atoms with Crippen LogP contribution in [0.15, 0.2) is 0 Å². The summed E-state index contributed by atoms with van der Waals surface area (Å²) >= 11 is 1.69. The average molecular weight is 219 g/mol. The second kappa shape index (κ2) is 6.27. The van der Waals surface area contributed by atoms with E-state index in [0.717, 1.165) is 18.6 Å². The molecule has 1 amide bonds. The molecule has 82 valence electrons. The Morgan fingerprint density at radius 1 is 1.79 bits per heavy atom. The van der Waals surface area contributed by atoms with Crippen molar-refractivity contribution in [3.63, 3.8) is 0 Å². The highest BCUT2D eigenvalue weighted by Gasteiger charge is 2.23. The van der Waals surface area contributed by atoms with Gasteiger partial charge in [-0.15, -0.1) is 11.8 Å². The minimum atomic E-state index is -0.602. The highest BCUT2D eigenvalue weighted by molar-refractivity contribution is 8.00. The van der Waals surface area contributed by atoms with Crippen LogP contribution in [0, 0.1) is 0 Å². The fourth-order valence-corrected chi connectivity index (χ4v) is 2.55. The number of hydrogen-bond donors (Lipinski definition) is 2. The van der Waals surface area contributed by atoms with E-state index in [1.807, 2.05) is 0 Å². The Morgan fingerprint density at radius 3 is 3.14 bits per heavy atom. The van der Waals surface area contributed by atoms with Gasteiger partial charge in [-0.1, -0.05) is 0 Å². The van der Waals surface area contributed by atoms with Crippen LogP contribution in [0.25, 0.3) is 0 Å². The zero-order valence-corrected chi connectivity index (χ0v) is 9.18. The van der Waals surface area contributed by atoms with Gasteiger partial charge in [0.2, 0.25) is 5.91 Å². The molecule has 1 aliphatic heterocycles. The Balaban J connectivity index is 2.13. The Kier molecular flexibility index (Phi) is 5.29. The van der Waals surface area contributed by atoms with Crippen LogP contribution in [0.4, 0.5) is 0 Å². The summed E-state index contributed by atoms with van der Waals surface area (Å²) in [7, 11) is 1.53. The summed E-state index contributed by atoms with van der Waals surface area (Å²) in [5.41, 5.74) is 0. The molecule has 4 nitrogen and oxygen atoms in total. The molecule has 0 aromatic heterocycles. The van der Waals surface area contributed by atoms with Gasteiger partial charge in [-0.25, -0.2) is 0 Å². The smallest absolute Gasteiger partial charge is 0.233 e. The number of rotatable bonds is 5. The van der Waals surface area contributed by atoms with Crippen molar-refractivity contribution in [3.05, 3.63) is 0 Å². The number of carbonyl (C=O) groups excluding carboxylic acids is 1. The van der Waals surface area contributed by atoms with Gasteiger partial charge in [-0.2, -0.15) is 0 Å². The van der Waals surface area contributed by atoms with E-state index >= 15 is 0 Å². The summed E-state index contributed by atoms with van der Waals surface area (Å²) in [4.78, 5) is 11.5. The minimum absolute atomic E-state index is 0.0441. The van der Waals surface area contributed by atoms with Crippen molar-refractivity contribution in [2.24, 2.45) is 0 Å². The average Bonchev–Trinajstić information content (AvgIpc) is 2.67. The standard InChI is InChI=1S/C9H17NO3S/c1-13-6-7(11)5-10-9(12)8-3-2-4-14-8/h7-8,11H,2-6H2,1H3,(H,10,12). The SMILES string of the molecule is COCC(O)CNC(=O)C1CCCS1. The van der Waals surface area contributed by atoms with Gasteiger partial charge < -0.3 is 15.2 Å². The van der Waals surface area contributed by atoms with E-state index in [-0.39, 0.29) is 24.3 Å². The zero-order valence-electron chi connectivity index (χ0n) is 8.36. The molecule has 0 bridgehead atoms. The fraction of sp³-hybridized carbons (Fsp3) is 0.889. The molecule has 0 aromatic rings. The zero-order chi connectivity index (χ0) is 10.4. The van der Waals surface area contributed by atoms with E-state index in [1.165, 1.54) is 7.11 Å². The Morgan fingerprint density at radius 2 is 2.57 bits per heavy atom. The summed E-state index contributed by atoms with van der Waals surface area (Å²) < 4.78 is 4.75. The van der Waals surface area contributed by atoms with Crippen molar-refractivity contribution in [3.8, 4) is 0 Å². The van der Waals surface area contributed by atoms with Gasteiger partial charge in [0.25, 0.3) is 0 Å². The van der Waals surface area contributed by atoms with E-state index in [2.05, 4.69) is 5.32 Å². The van der Waals surface area contributed by atoms with Crippen molar-refractivity contribution in [2.45, 2.75) is 24.2 Å². The van der Waals surface area contributed by atoms with Crippen LogP contribution < -0.4 is 5.32 Å². The van der Waals surface area contributed by atoms with E-state index in [1.54, 1.807) is 11.8 Å². The number of carbonyl (C=O) groups is 1. The molecule has 1 saturated heterocycles. The molecule has 0 saturated carbocycles. The summed E-state index contributed by atoms with van der Waals surface area (Å²) in [6, 6.07) is 0.